The summed E-state index contributed by atoms with van der Waals surface area (Å²) in [6, 6.07) is 9.84. The predicted molar refractivity (Wildman–Crippen MR) is 128 cm³/mol. The lowest BCUT2D eigenvalue weighted by Crippen LogP contribution is -2.48. The fraction of sp³-hybridized carbons (Fsp3) is 0.292. The van der Waals surface area contributed by atoms with Gasteiger partial charge in [-0.2, -0.15) is 5.10 Å². The molecule has 7 nitrogen and oxygen atoms in total. The van der Waals surface area contributed by atoms with Crippen molar-refractivity contribution in [2.75, 3.05) is 13.7 Å². The number of carbonyl (C=O) groups is 2. The molecule has 0 bridgehead atoms. The van der Waals surface area contributed by atoms with Gasteiger partial charge in [0.1, 0.15) is 12.6 Å². The minimum absolute atomic E-state index is 0.101. The summed E-state index contributed by atoms with van der Waals surface area (Å²) in [7, 11) is 1.51. The lowest BCUT2D eigenvalue weighted by molar-refractivity contribution is -0.123. The van der Waals surface area contributed by atoms with Crippen molar-refractivity contribution in [3.05, 3.63) is 57.6 Å². The number of hydrogen-bond acceptors (Lipinski definition) is 5. The molecular formula is C24H26BrN3O4. The van der Waals surface area contributed by atoms with Crippen molar-refractivity contribution in [1.29, 1.82) is 0 Å². The third kappa shape index (κ3) is 6.86. The molecule has 0 saturated heterocycles. The fourth-order valence-corrected chi connectivity index (χ4v) is 3.35. The predicted octanol–water partition coefficient (Wildman–Crippen LogP) is 3.68. The Bertz CT molecular complexity index is 1030. The summed E-state index contributed by atoms with van der Waals surface area (Å²) < 4.78 is 11.4. The summed E-state index contributed by atoms with van der Waals surface area (Å²) in [6.45, 7) is 5.74. The summed E-state index contributed by atoms with van der Waals surface area (Å²) in [6.07, 6.45) is 6.71. The SMILES string of the molecule is C#CCOc1c(Br)cc(/C=N\NC(=O)C(NC(=O)c2ccc(C)cc2)C(C)C)cc1OC. The number of carbonyl (C=O) groups excluding carboxylic acids is 2. The molecule has 0 aliphatic heterocycles. The fourth-order valence-electron chi connectivity index (χ4n) is 2.77. The normalized spacial score (nSPS) is 11.7. The summed E-state index contributed by atoms with van der Waals surface area (Å²) in [5, 5.41) is 6.79. The minimum atomic E-state index is -0.748. The van der Waals surface area contributed by atoms with Crippen LogP contribution in [-0.2, 0) is 4.79 Å². The third-order valence-corrected chi connectivity index (χ3v) is 5.08. The van der Waals surface area contributed by atoms with Gasteiger partial charge >= 0.3 is 0 Å². The lowest BCUT2D eigenvalue weighted by atomic mass is 10.0. The zero-order valence-electron chi connectivity index (χ0n) is 18.4. The first kappa shape index (κ1) is 25.0. The standard InChI is InChI=1S/C24H26BrN3O4/c1-6-11-32-22-19(25)12-17(13-20(22)31-5)14-26-28-24(30)21(15(2)3)27-23(29)18-9-7-16(4)8-10-18/h1,7-10,12-15,21H,11H2,2-5H3,(H,27,29)(H,28,30)/b26-14-. The smallest absolute Gasteiger partial charge is 0.262 e. The number of nitrogens with zero attached hydrogens (tertiary/aromatic N) is 1. The molecule has 0 radical (unpaired) electrons. The molecule has 1 unspecified atom stereocenters. The summed E-state index contributed by atoms with van der Waals surface area (Å²) >= 11 is 3.42. The average Bonchev–Trinajstić information content (AvgIpc) is 2.76. The van der Waals surface area contributed by atoms with Gasteiger partial charge in [-0.15, -0.1) is 6.42 Å². The van der Waals surface area contributed by atoms with E-state index in [-0.39, 0.29) is 18.4 Å². The molecule has 0 saturated carbocycles. The van der Waals surface area contributed by atoms with Crippen molar-refractivity contribution < 1.29 is 19.1 Å². The minimum Gasteiger partial charge on any atom is -0.493 e. The molecule has 0 aliphatic carbocycles. The molecule has 1 atom stereocenters. The van der Waals surface area contributed by atoms with Crippen molar-refractivity contribution in [2.24, 2.45) is 11.0 Å². The van der Waals surface area contributed by atoms with Crippen LogP contribution < -0.4 is 20.2 Å². The van der Waals surface area contributed by atoms with Crippen molar-refractivity contribution in [1.82, 2.24) is 10.7 Å². The molecule has 2 aromatic carbocycles. The zero-order chi connectivity index (χ0) is 23.7. The number of rotatable bonds is 9. The van der Waals surface area contributed by atoms with Gasteiger partial charge in [-0.25, -0.2) is 5.43 Å². The van der Waals surface area contributed by atoms with Gasteiger partial charge in [0.25, 0.3) is 11.8 Å². The van der Waals surface area contributed by atoms with Crippen LogP contribution in [0, 0.1) is 25.2 Å². The van der Waals surface area contributed by atoms with Crippen LogP contribution in [0.4, 0.5) is 0 Å². The van der Waals surface area contributed by atoms with Crippen LogP contribution in [0.1, 0.15) is 35.3 Å². The average molecular weight is 500 g/mol. The Labute approximate surface area is 196 Å². The monoisotopic (exact) mass is 499 g/mol. The van der Waals surface area contributed by atoms with Crippen LogP contribution in [0.3, 0.4) is 0 Å². The maximum atomic E-state index is 12.6. The van der Waals surface area contributed by atoms with Crippen LogP contribution in [0.2, 0.25) is 0 Å². The zero-order valence-corrected chi connectivity index (χ0v) is 20.0. The number of terminal acetylenes is 1. The first-order valence-corrected chi connectivity index (χ1v) is 10.7. The molecular weight excluding hydrogens is 474 g/mol. The molecule has 32 heavy (non-hydrogen) atoms. The van der Waals surface area contributed by atoms with Crippen molar-refractivity contribution >= 4 is 34.0 Å². The second-order valence-electron chi connectivity index (χ2n) is 7.32. The topological polar surface area (TPSA) is 89.0 Å². The number of hydrazone groups is 1. The Morgan fingerprint density at radius 1 is 1.25 bits per heavy atom. The molecule has 0 aromatic heterocycles. The van der Waals surface area contributed by atoms with E-state index < -0.39 is 11.9 Å². The highest BCUT2D eigenvalue weighted by atomic mass is 79.9. The van der Waals surface area contributed by atoms with Gasteiger partial charge in [-0.05, 0) is 58.6 Å². The Morgan fingerprint density at radius 3 is 2.53 bits per heavy atom. The van der Waals surface area contributed by atoms with E-state index >= 15 is 0 Å². The number of hydrogen-bond donors (Lipinski definition) is 2. The summed E-state index contributed by atoms with van der Waals surface area (Å²) in [5.74, 6) is 2.46. The van der Waals surface area contributed by atoms with Gasteiger partial charge in [0.05, 0.1) is 17.8 Å². The molecule has 0 aliphatic rings. The molecule has 2 N–H and O–H groups in total. The molecule has 2 rings (SSSR count). The van der Waals surface area contributed by atoms with Gasteiger partial charge in [-0.1, -0.05) is 37.5 Å². The molecule has 8 heteroatoms. The quantitative estimate of drug-likeness (QED) is 0.312. The lowest BCUT2D eigenvalue weighted by Gasteiger charge is -2.20. The molecule has 0 spiro atoms. The number of nitrogens with one attached hydrogen (secondary N) is 2. The van der Waals surface area contributed by atoms with E-state index in [0.29, 0.717) is 27.1 Å². The van der Waals surface area contributed by atoms with Gasteiger partial charge in [0, 0.05) is 5.56 Å². The highest BCUT2D eigenvalue weighted by Crippen LogP contribution is 2.36. The van der Waals surface area contributed by atoms with E-state index in [9.17, 15) is 9.59 Å². The third-order valence-electron chi connectivity index (χ3n) is 4.49. The Kier molecular flexibility index (Phi) is 9.29. The number of aryl methyl sites for hydroxylation is 1. The van der Waals surface area contributed by atoms with Gasteiger partial charge in [-0.3, -0.25) is 9.59 Å². The maximum Gasteiger partial charge on any atom is 0.262 e. The Balaban J connectivity index is 2.08. The van der Waals surface area contributed by atoms with Crippen LogP contribution in [0.5, 0.6) is 11.5 Å². The summed E-state index contributed by atoms with van der Waals surface area (Å²) in [5.41, 5.74) is 4.68. The largest absolute Gasteiger partial charge is 0.493 e. The van der Waals surface area contributed by atoms with Crippen molar-refractivity contribution in [2.45, 2.75) is 26.8 Å². The number of benzene rings is 2. The highest BCUT2D eigenvalue weighted by molar-refractivity contribution is 9.10. The van der Waals surface area contributed by atoms with E-state index in [0.717, 1.165) is 5.56 Å². The number of ether oxygens (including phenoxy) is 2. The van der Waals surface area contributed by atoms with Crippen LogP contribution >= 0.6 is 15.9 Å². The van der Waals surface area contributed by atoms with E-state index in [1.54, 1.807) is 24.3 Å². The van der Waals surface area contributed by atoms with Crippen LogP contribution in [0.25, 0.3) is 0 Å². The first-order valence-electron chi connectivity index (χ1n) is 9.91. The second-order valence-corrected chi connectivity index (χ2v) is 8.18. The Hall–Kier alpha value is -3.31. The van der Waals surface area contributed by atoms with E-state index in [2.05, 4.69) is 37.7 Å². The first-order chi connectivity index (χ1) is 15.3. The van der Waals surface area contributed by atoms with E-state index in [1.165, 1.54) is 13.3 Å². The van der Waals surface area contributed by atoms with Gasteiger partial charge in [0.2, 0.25) is 0 Å². The molecule has 2 aromatic rings. The second kappa shape index (κ2) is 11.9. The number of halogens is 1. The van der Waals surface area contributed by atoms with Crippen molar-refractivity contribution in [3.63, 3.8) is 0 Å². The number of amides is 2. The Morgan fingerprint density at radius 2 is 1.94 bits per heavy atom. The molecule has 2 amide bonds. The van der Waals surface area contributed by atoms with Crippen LogP contribution in [0.15, 0.2) is 46.0 Å². The van der Waals surface area contributed by atoms with E-state index in [1.807, 2.05) is 32.9 Å². The molecule has 0 fully saturated rings. The van der Waals surface area contributed by atoms with E-state index in [4.69, 9.17) is 15.9 Å². The van der Waals surface area contributed by atoms with Crippen molar-refractivity contribution in [3.8, 4) is 23.8 Å². The van der Waals surface area contributed by atoms with Gasteiger partial charge in [0.15, 0.2) is 11.5 Å². The number of methoxy groups -OCH3 is 1. The highest BCUT2D eigenvalue weighted by Gasteiger charge is 2.24. The maximum absolute atomic E-state index is 12.6. The molecule has 168 valence electrons. The molecule has 0 heterocycles. The van der Waals surface area contributed by atoms with Crippen LogP contribution in [-0.4, -0.2) is 37.8 Å². The summed E-state index contributed by atoms with van der Waals surface area (Å²) in [4.78, 5) is 25.2. The van der Waals surface area contributed by atoms with Gasteiger partial charge < -0.3 is 14.8 Å².